The SMILES string of the molecule is O=C(CCc1nc2ccc(F)cc2[nH]1)N[C@H]1COC[C@@H]1N1CCCC1. The molecule has 134 valence electrons. The van der Waals surface area contributed by atoms with Gasteiger partial charge in [-0.25, -0.2) is 9.37 Å². The number of carbonyl (C=O) groups is 1. The monoisotopic (exact) mass is 346 g/mol. The lowest BCUT2D eigenvalue weighted by Gasteiger charge is -2.27. The number of aromatic nitrogens is 2. The van der Waals surface area contributed by atoms with E-state index in [2.05, 4.69) is 20.2 Å². The molecule has 2 atom stereocenters. The highest BCUT2D eigenvalue weighted by atomic mass is 19.1. The lowest BCUT2D eigenvalue weighted by molar-refractivity contribution is -0.122. The summed E-state index contributed by atoms with van der Waals surface area (Å²) in [7, 11) is 0. The zero-order valence-corrected chi connectivity index (χ0v) is 14.1. The summed E-state index contributed by atoms with van der Waals surface area (Å²) < 4.78 is 18.8. The summed E-state index contributed by atoms with van der Waals surface area (Å²) in [5.74, 6) is 0.412. The Bertz CT molecular complexity index is 757. The van der Waals surface area contributed by atoms with Gasteiger partial charge in [-0.3, -0.25) is 9.69 Å². The number of nitrogens with zero attached hydrogens (tertiary/aromatic N) is 2. The molecule has 0 unspecified atom stereocenters. The molecule has 2 aromatic rings. The number of hydrogen-bond acceptors (Lipinski definition) is 4. The number of aromatic amines is 1. The maximum absolute atomic E-state index is 13.2. The molecule has 0 spiro atoms. The normalized spacial score (nSPS) is 24.2. The number of hydrogen-bond donors (Lipinski definition) is 2. The fourth-order valence-electron chi connectivity index (χ4n) is 3.78. The Labute approximate surface area is 145 Å². The molecular weight excluding hydrogens is 323 g/mol. The molecule has 4 rings (SSSR count). The van der Waals surface area contributed by atoms with Crippen LogP contribution in [0.25, 0.3) is 11.0 Å². The van der Waals surface area contributed by atoms with Gasteiger partial charge >= 0.3 is 0 Å². The van der Waals surface area contributed by atoms with Crippen LogP contribution in [0, 0.1) is 5.82 Å². The molecule has 0 aliphatic carbocycles. The van der Waals surface area contributed by atoms with Crippen molar-refractivity contribution in [1.29, 1.82) is 0 Å². The molecule has 2 fully saturated rings. The summed E-state index contributed by atoms with van der Waals surface area (Å²) in [6, 6.07) is 4.80. The molecular formula is C18H23FN4O2. The quantitative estimate of drug-likeness (QED) is 0.863. The molecule has 25 heavy (non-hydrogen) atoms. The third kappa shape index (κ3) is 3.67. The Hall–Kier alpha value is -1.99. The first-order valence-corrected chi connectivity index (χ1v) is 8.94. The number of fused-ring (bicyclic) bond motifs is 1. The average Bonchev–Trinajstić information content (AvgIpc) is 3.32. The maximum atomic E-state index is 13.2. The number of likely N-dealkylation sites (tertiary alicyclic amines) is 1. The lowest BCUT2D eigenvalue weighted by Crippen LogP contribution is -2.50. The Balaban J connectivity index is 1.32. The van der Waals surface area contributed by atoms with Crippen molar-refractivity contribution in [2.45, 2.75) is 37.8 Å². The zero-order valence-electron chi connectivity index (χ0n) is 14.1. The fraction of sp³-hybridized carbons (Fsp3) is 0.556. The first-order chi connectivity index (χ1) is 12.2. The van der Waals surface area contributed by atoms with Crippen LogP contribution >= 0.6 is 0 Å². The molecule has 7 heteroatoms. The van der Waals surface area contributed by atoms with Crippen LogP contribution in [0.2, 0.25) is 0 Å². The molecule has 1 aromatic heterocycles. The van der Waals surface area contributed by atoms with Crippen molar-refractivity contribution in [3.8, 4) is 0 Å². The van der Waals surface area contributed by atoms with Crippen molar-refractivity contribution >= 4 is 16.9 Å². The van der Waals surface area contributed by atoms with E-state index in [-0.39, 0.29) is 17.8 Å². The van der Waals surface area contributed by atoms with Crippen molar-refractivity contribution in [3.05, 3.63) is 29.8 Å². The van der Waals surface area contributed by atoms with E-state index in [1.54, 1.807) is 6.07 Å². The van der Waals surface area contributed by atoms with Gasteiger partial charge in [0.25, 0.3) is 0 Å². The van der Waals surface area contributed by atoms with Gasteiger partial charge in [0.2, 0.25) is 5.91 Å². The molecule has 0 radical (unpaired) electrons. The van der Waals surface area contributed by atoms with Crippen LogP contribution in [0.15, 0.2) is 18.2 Å². The summed E-state index contributed by atoms with van der Waals surface area (Å²) in [6.45, 7) is 3.46. The predicted molar refractivity (Wildman–Crippen MR) is 91.7 cm³/mol. The first kappa shape index (κ1) is 16.5. The minimum Gasteiger partial charge on any atom is -0.378 e. The summed E-state index contributed by atoms with van der Waals surface area (Å²) in [6.07, 6.45) is 3.31. The first-order valence-electron chi connectivity index (χ1n) is 8.94. The third-order valence-corrected chi connectivity index (χ3v) is 5.09. The number of imidazole rings is 1. The second-order valence-electron chi connectivity index (χ2n) is 6.87. The molecule has 2 saturated heterocycles. The molecule has 1 aromatic carbocycles. The van der Waals surface area contributed by atoms with Crippen molar-refractivity contribution in [3.63, 3.8) is 0 Å². The average molecular weight is 346 g/mol. The zero-order chi connectivity index (χ0) is 17.2. The van der Waals surface area contributed by atoms with Gasteiger partial charge in [0, 0.05) is 12.8 Å². The van der Waals surface area contributed by atoms with Crippen molar-refractivity contribution in [2.24, 2.45) is 0 Å². The van der Waals surface area contributed by atoms with E-state index in [4.69, 9.17) is 4.74 Å². The smallest absolute Gasteiger partial charge is 0.220 e. The minimum atomic E-state index is -0.297. The Kier molecular flexibility index (Phi) is 4.67. The molecule has 6 nitrogen and oxygen atoms in total. The van der Waals surface area contributed by atoms with Crippen LogP contribution in [0.3, 0.4) is 0 Å². The number of H-pyrrole nitrogens is 1. The number of amides is 1. The number of benzene rings is 1. The second kappa shape index (κ2) is 7.09. The highest BCUT2D eigenvalue weighted by Gasteiger charge is 2.35. The highest BCUT2D eigenvalue weighted by Crippen LogP contribution is 2.19. The molecule has 2 N–H and O–H groups in total. The Morgan fingerprint density at radius 1 is 1.36 bits per heavy atom. The lowest BCUT2D eigenvalue weighted by atomic mass is 10.1. The summed E-state index contributed by atoms with van der Waals surface area (Å²) >= 11 is 0. The van der Waals surface area contributed by atoms with Gasteiger partial charge in [-0.1, -0.05) is 0 Å². The van der Waals surface area contributed by atoms with Crippen molar-refractivity contribution in [1.82, 2.24) is 20.2 Å². The van der Waals surface area contributed by atoms with E-state index in [9.17, 15) is 9.18 Å². The van der Waals surface area contributed by atoms with E-state index in [1.807, 2.05) is 0 Å². The molecule has 2 aliphatic heterocycles. The van der Waals surface area contributed by atoms with Crippen LogP contribution < -0.4 is 5.32 Å². The summed E-state index contributed by atoms with van der Waals surface area (Å²) in [5, 5.41) is 3.11. The van der Waals surface area contributed by atoms with Gasteiger partial charge in [-0.2, -0.15) is 0 Å². The topological polar surface area (TPSA) is 70.2 Å². The molecule has 0 bridgehead atoms. The van der Waals surface area contributed by atoms with Gasteiger partial charge in [0.05, 0.1) is 36.3 Å². The van der Waals surface area contributed by atoms with Gasteiger partial charge in [-0.15, -0.1) is 0 Å². The van der Waals surface area contributed by atoms with Crippen LogP contribution in [0.5, 0.6) is 0 Å². The molecule has 0 saturated carbocycles. The predicted octanol–water partition coefficient (Wildman–Crippen LogP) is 1.61. The Morgan fingerprint density at radius 2 is 2.20 bits per heavy atom. The van der Waals surface area contributed by atoms with E-state index < -0.39 is 0 Å². The Morgan fingerprint density at radius 3 is 3.04 bits per heavy atom. The second-order valence-corrected chi connectivity index (χ2v) is 6.87. The van der Waals surface area contributed by atoms with Crippen LogP contribution in [0.4, 0.5) is 4.39 Å². The summed E-state index contributed by atoms with van der Waals surface area (Å²) in [4.78, 5) is 22.2. The molecule has 3 heterocycles. The highest BCUT2D eigenvalue weighted by molar-refractivity contribution is 5.77. The minimum absolute atomic E-state index is 0.00586. The van der Waals surface area contributed by atoms with Crippen LogP contribution in [-0.4, -0.2) is 59.2 Å². The van der Waals surface area contributed by atoms with Gasteiger partial charge in [-0.05, 0) is 44.1 Å². The van der Waals surface area contributed by atoms with Crippen LogP contribution in [0.1, 0.15) is 25.1 Å². The van der Waals surface area contributed by atoms with Gasteiger partial charge in [0.1, 0.15) is 11.6 Å². The van der Waals surface area contributed by atoms with E-state index in [1.165, 1.54) is 25.0 Å². The fourth-order valence-corrected chi connectivity index (χ4v) is 3.78. The van der Waals surface area contributed by atoms with Crippen molar-refractivity contribution in [2.75, 3.05) is 26.3 Å². The third-order valence-electron chi connectivity index (χ3n) is 5.09. The maximum Gasteiger partial charge on any atom is 0.220 e. The summed E-state index contributed by atoms with van der Waals surface area (Å²) in [5.41, 5.74) is 1.38. The number of rotatable bonds is 5. The standard InChI is InChI=1S/C18H23FN4O2/c19-12-3-4-13-14(9-12)21-17(20-13)5-6-18(24)22-15-10-25-11-16(15)23-7-1-2-8-23/h3-4,9,15-16H,1-2,5-8,10-11H2,(H,20,21)(H,22,24)/t15-,16-/m0/s1. The van der Waals surface area contributed by atoms with E-state index in [0.29, 0.717) is 43.4 Å². The largest absolute Gasteiger partial charge is 0.378 e. The number of halogens is 1. The number of carbonyl (C=O) groups excluding carboxylic acids is 1. The van der Waals surface area contributed by atoms with Crippen LogP contribution in [-0.2, 0) is 16.0 Å². The number of nitrogens with one attached hydrogen (secondary N) is 2. The van der Waals surface area contributed by atoms with Crippen molar-refractivity contribution < 1.29 is 13.9 Å². The van der Waals surface area contributed by atoms with E-state index in [0.717, 1.165) is 18.6 Å². The molecule has 2 aliphatic rings. The van der Waals surface area contributed by atoms with Gasteiger partial charge < -0.3 is 15.0 Å². The van der Waals surface area contributed by atoms with E-state index >= 15 is 0 Å². The van der Waals surface area contributed by atoms with Gasteiger partial charge in [0.15, 0.2) is 0 Å². The number of ether oxygens (including phenoxy) is 1. The number of aryl methyl sites for hydroxylation is 1. The molecule has 1 amide bonds.